The molecule has 0 aliphatic heterocycles. The second-order valence-corrected chi connectivity index (χ2v) is 2.24. The van der Waals surface area contributed by atoms with Crippen LogP contribution in [0.4, 0.5) is 0 Å². The number of rotatable bonds is 2. The first-order valence-electron chi connectivity index (χ1n) is 3.32. The third-order valence-electron chi connectivity index (χ3n) is 1.23. The van der Waals surface area contributed by atoms with Gasteiger partial charge >= 0.3 is 0 Å². The lowest BCUT2D eigenvalue weighted by Crippen LogP contribution is -3.03. The van der Waals surface area contributed by atoms with E-state index in [2.05, 4.69) is 39.2 Å². The number of hydrogen-bond donors (Lipinski definition) is 1. The molecule has 0 bridgehead atoms. The quantitative estimate of drug-likeness (QED) is 0.517. The average molecular weight is 126 g/mol. The highest BCUT2D eigenvalue weighted by atomic mass is 15.1. The molecule has 0 unspecified atom stereocenters. The van der Waals surface area contributed by atoms with Crippen LogP contribution >= 0.6 is 0 Å². The molecule has 0 aromatic rings. The molecule has 1 N–H and O–H groups in total. The molecule has 1 heteroatoms. The van der Waals surface area contributed by atoms with Crippen LogP contribution in [-0.4, -0.2) is 14.1 Å². The van der Waals surface area contributed by atoms with Crippen molar-refractivity contribution < 1.29 is 4.90 Å². The summed E-state index contributed by atoms with van der Waals surface area (Å²) < 4.78 is 0. The number of likely N-dealkylation sites (N-methyl/N-ethyl adjacent to an activating group) is 1. The summed E-state index contributed by atoms with van der Waals surface area (Å²) in [5.74, 6) is 0. The molecule has 0 aliphatic carbocycles. The van der Waals surface area contributed by atoms with Crippen molar-refractivity contribution in [2.75, 3.05) is 14.1 Å². The predicted octanol–water partition coefficient (Wildman–Crippen LogP) is 0.611. The Morgan fingerprint density at radius 1 is 1.22 bits per heavy atom. The SMILES string of the molecule is C/C=C\C(=C/C)[NH+](C)C. The van der Waals surface area contributed by atoms with Crippen LogP contribution in [0.25, 0.3) is 0 Å². The maximum Gasteiger partial charge on any atom is 0.126 e. The van der Waals surface area contributed by atoms with E-state index in [-0.39, 0.29) is 0 Å². The lowest BCUT2D eigenvalue weighted by molar-refractivity contribution is -0.813. The van der Waals surface area contributed by atoms with Crippen LogP contribution in [-0.2, 0) is 0 Å². The number of hydrogen-bond acceptors (Lipinski definition) is 0. The maximum atomic E-state index is 2.12. The summed E-state index contributed by atoms with van der Waals surface area (Å²) in [6.45, 7) is 4.09. The Labute approximate surface area is 57.7 Å². The van der Waals surface area contributed by atoms with Gasteiger partial charge in [-0.1, -0.05) is 6.08 Å². The largest absolute Gasteiger partial charge is 0.308 e. The molecule has 52 valence electrons. The van der Waals surface area contributed by atoms with Crippen LogP contribution in [0.2, 0.25) is 0 Å². The molecule has 0 saturated heterocycles. The molecule has 0 aromatic heterocycles. The van der Waals surface area contributed by atoms with Gasteiger partial charge in [0.05, 0.1) is 14.1 Å². The first kappa shape index (κ1) is 8.44. The molecule has 0 fully saturated rings. The Bertz CT molecular complexity index is 121. The van der Waals surface area contributed by atoms with Crippen molar-refractivity contribution in [3.05, 3.63) is 23.9 Å². The average Bonchev–Trinajstić information content (AvgIpc) is 1.82. The van der Waals surface area contributed by atoms with Gasteiger partial charge in [-0.2, -0.15) is 0 Å². The Balaban J connectivity index is 4.01. The van der Waals surface area contributed by atoms with Crippen LogP contribution in [0.1, 0.15) is 13.8 Å². The van der Waals surface area contributed by atoms with Gasteiger partial charge in [0, 0.05) is 0 Å². The predicted molar refractivity (Wildman–Crippen MR) is 41.4 cm³/mol. The van der Waals surface area contributed by atoms with Crippen molar-refractivity contribution >= 4 is 0 Å². The van der Waals surface area contributed by atoms with E-state index in [1.165, 1.54) is 10.6 Å². The molecule has 0 heterocycles. The van der Waals surface area contributed by atoms with Crippen molar-refractivity contribution in [1.82, 2.24) is 0 Å². The molecule has 0 radical (unpaired) electrons. The molecule has 9 heavy (non-hydrogen) atoms. The second-order valence-electron chi connectivity index (χ2n) is 2.24. The van der Waals surface area contributed by atoms with Crippen LogP contribution in [0.5, 0.6) is 0 Å². The highest BCUT2D eigenvalue weighted by Crippen LogP contribution is 1.82. The fourth-order valence-electron chi connectivity index (χ4n) is 0.731. The van der Waals surface area contributed by atoms with Gasteiger partial charge in [-0.25, -0.2) is 0 Å². The molecule has 0 aliphatic rings. The van der Waals surface area contributed by atoms with Crippen LogP contribution in [0, 0.1) is 0 Å². The molecule has 0 atom stereocenters. The fraction of sp³-hybridized carbons (Fsp3) is 0.500. The third-order valence-corrected chi connectivity index (χ3v) is 1.23. The first-order valence-corrected chi connectivity index (χ1v) is 3.32. The zero-order valence-electron chi connectivity index (χ0n) is 6.73. The molecular formula is C8H16N+. The van der Waals surface area contributed by atoms with Crippen molar-refractivity contribution in [3.8, 4) is 0 Å². The Kier molecular flexibility index (Phi) is 4.06. The standard InChI is InChI=1S/C8H15N/c1-5-7-8(6-2)9(3)4/h5-7H,1-4H3/p+1/b7-5-,8-6+. The van der Waals surface area contributed by atoms with Gasteiger partial charge < -0.3 is 4.90 Å². The number of allylic oxidation sites excluding steroid dienone is 3. The molecule has 0 rings (SSSR count). The van der Waals surface area contributed by atoms with Gasteiger partial charge in [0.25, 0.3) is 0 Å². The zero-order valence-corrected chi connectivity index (χ0v) is 6.73. The van der Waals surface area contributed by atoms with E-state index in [1.54, 1.807) is 0 Å². The normalized spacial score (nSPS) is 13.7. The zero-order chi connectivity index (χ0) is 7.28. The van der Waals surface area contributed by atoms with E-state index in [9.17, 15) is 0 Å². The van der Waals surface area contributed by atoms with E-state index < -0.39 is 0 Å². The minimum absolute atomic E-state index is 1.33. The summed E-state index contributed by atoms with van der Waals surface area (Å²) in [5, 5.41) is 0. The summed E-state index contributed by atoms with van der Waals surface area (Å²) >= 11 is 0. The molecular weight excluding hydrogens is 110 g/mol. The molecule has 0 amide bonds. The van der Waals surface area contributed by atoms with Gasteiger partial charge in [0.2, 0.25) is 0 Å². The van der Waals surface area contributed by atoms with Gasteiger partial charge in [-0.05, 0) is 26.0 Å². The highest BCUT2D eigenvalue weighted by molar-refractivity contribution is 5.07. The van der Waals surface area contributed by atoms with Gasteiger partial charge in [-0.3, -0.25) is 0 Å². The summed E-state index contributed by atoms with van der Waals surface area (Å²) in [6, 6.07) is 0. The van der Waals surface area contributed by atoms with Gasteiger partial charge in [-0.15, -0.1) is 0 Å². The lowest BCUT2D eigenvalue weighted by atomic mass is 10.3. The minimum atomic E-state index is 1.33. The Morgan fingerprint density at radius 3 is 1.89 bits per heavy atom. The van der Waals surface area contributed by atoms with Crippen molar-refractivity contribution in [2.45, 2.75) is 13.8 Å². The second kappa shape index (κ2) is 4.33. The monoisotopic (exact) mass is 126 g/mol. The molecule has 1 nitrogen and oxygen atoms in total. The van der Waals surface area contributed by atoms with Crippen LogP contribution < -0.4 is 4.90 Å². The Morgan fingerprint density at radius 2 is 1.78 bits per heavy atom. The van der Waals surface area contributed by atoms with Crippen molar-refractivity contribution in [2.24, 2.45) is 0 Å². The van der Waals surface area contributed by atoms with Crippen LogP contribution in [0.3, 0.4) is 0 Å². The van der Waals surface area contributed by atoms with E-state index in [1.807, 2.05) is 6.92 Å². The number of quaternary nitrogens is 1. The number of nitrogens with one attached hydrogen (secondary N) is 1. The highest BCUT2D eigenvalue weighted by Gasteiger charge is 1.94. The molecule has 0 saturated carbocycles. The molecule has 0 aromatic carbocycles. The Hall–Kier alpha value is -0.560. The third kappa shape index (κ3) is 3.09. The van der Waals surface area contributed by atoms with E-state index in [0.29, 0.717) is 0 Å². The first-order chi connectivity index (χ1) is 4.22. The maximum absolute atomic E-state index is 2.12. The van der Waals surface area contributed by atoms with E-state index >= 15 is 0 Å². The smallest absolute Gasteiger partial charge is 0.126 e. The van der Waals surface area contributed by atoms with Crippen molar-refractivity contribution in [3.63, 3.8) is 0 Å². The van der Waals surface area contributed by atoms with Gasteiger partial charge in [0.15, 0.2) is 0 Å². The fourth-order valence-corrected chi connectivity index (χ4v) is 0.731. The molecule has 0 spiro atoms. The summed E-state index contributed by atoms with van der Waals surface area (Å²) in [6.07, 6.45) is 6.30. The summed E-state index contributed by atoms with van der Waals surface area (Å²) in [7, 11) is 4.24. The summed E-state index contributed by atoms with van der Waals surface area (Å²) in [4.78, 5) is 1.37. The van der Waals surface area contributed by atoms with Crippen molar-refractivity contribution in [1.29, 1.82) is 0 Å². The van der Waals surface area contributed by atoms with Gasteiger partial charge in [0.1, 0.15) is 5.70 Å². The summed E-state index contributed by atoms with van der Waals surface area (Å²) in [5.41, 5.74) is 1.33. The lowest BCUT2D eigenvalue weighted by Gasteiger charge is -2.05. The topological polar surface area (TPSA) is 4.44 Å². The van der Waals surface area contributed by atoms with E-state index in [0.717, 1.165) is 0 Å². The van der Waals surface area contributed by atoms with Crippen LogP contribution in [0.15, 0.2) is 23.9 Å². The van der Waals surface area contributed by atoms with E-state index in [4.69, 9.17) is 0 Å². The minimum Gasteiger partial charge on any atom is -0.308 e.